The van der Waals surface area contributed by atoms with Gasteiger partial charge < -0.3 is 14.1 Å². The Balaban J connectivity index is 1.40. The molecular formula is C18H21N5O3. The molecule has 0 unspecified atom stereocenters. The summed E-state index contributed by atoms with van der Waals surface area (Å²) in [5, 5.41) is 8.16. The number of methoxy groups -OCH3 is 1. The molecule has 1 aromatic carbocycles. The lowest BCUT2D eigenvalue weighted by Crippen LogP contribution is -2.30. The quantitative estimate of drug-likeness (QED) is 0.690. The second kappa shape index (κ2) is 6.87. The summed E-state index contributed by atoms with van der Waals surface area (Å²) in [5.41, 5.74) is 2.42. The van der Waals surface area contributed by atoms with Gasteiger partial charge in [0.1, 0.15) is 5.52 Å². The van der Waals surface area contributed by atoms with Crippen LogP contribution in [0.5, 0.6) is 0 Å². The first-order valence-electron chi connectivity index (χ1n) is 8.65. The number of carbonyl (C=O) groups is 1. The highest BCUT2D eigenvalue weighted by atomic mass is 16.5. The van der Waals surface area contributed by atoms with Crippen LogP contribution in [-0.2, 0) is 23.0 Å². The predicted molar refractivity (Wildman–Crippen MR) is 93.5 cm³/mol. The molecule has 4 rings (SSSR count). The van der Waals surface area contributed by atoms with Crippen LogP contribution >= 0.6 is 0 Å². The number of oxazole rings is 1. The highest BCUT2D eigenvalue weighted by Gasteiger charge is 2.37. The molecule has 1 fully saturated rings. The van der Waals surface area contributed by atoms with Crippen LogP contribution in [0.1, 0.15) is 23.9 Å². The first kappa shape index (κ1) is 16.7. The van der Waals surface area contributed by atoms with Crippen LogP contribution in [0.25, 0.3) is 11.1 Å². The number of hydrogen-bond acceptors (Lipinski definition) is 6. The number of rotatable bonds is 5. The van der Waals surface area contributed by atoms with Gasteiger partial charge in [-0.25, -0.2) is 4.98 Å². The number of aryl methyl sites for hydroxylation is 2. The van der Waals surface area contributed by atoms with Gasteiger partial charge in [-0.05, 0) is 12.1 Å². The van der Waals surface area contributed by atoms with E-state index in [4.69, 9.17) is 9.15 Å². The highest BCUT2D eigenvalue weighted by Crippen LogP contribution is 2.28. The molecule has 0 saturated carbocycles. The number of aromatic nitrogens is 4. The molecule has 1 aliphatic rings. The summed E-state index contributed by atoms with van der Waals surface area (Å²) in [7, 11) is 3.50. The molecule has 2 atom stereocenters. The lowest BCUT2D eigenvalue weighted by atomic mass is 10.0. The van der Waals surface area contributed by atoms with E-state index < -0.39 is 0 Å². The topological polar surface area (TPSA) is 86.3 Å². The summed E-state index contributed by atoms with van der Waals surface area (Å²) < 4.78 is 12.9. The SMILES string of the molecule is CO[C@@H]1CN(C(=O)CCc2nc3ccccc3o2)C[C@H]1c1cn(C)nn1. The zero-order valence-corrected chi connectivity index (χ0v) is 14.8. The Morgan fingerprint density at radius 1 is 1.35 bits per heavy atom. The molecule has 2 aromatic heterocycles. The van der Waals surface area contributed by atoms with Gasteiger partial charge in [-0.15, -0.1) is 5.10 Å². The monoisotopic (exact) mass is 355 g/mol. The van der Waals surface area contributed by atoms with E-state index in [-0.39, 0.29) is 17.9 Å². The second-order valence-corrected chi connectivity index (χ2v) is 6.57. The molecule has 8 nitrogen and oxygen atoms in total. The number of benzene rings is 1. The van der Waals surface area contributed by atoms with Crippen LogP contribution in [-0.4, -0.2) is 57.1 Å². The number of para-hydroxylation sites is 2. The minimum Gasteiger partial charge on any atom is -0.441 e. The third-order valence-electron chi connectivity index (χ3n) is 4.81. The Morgan fingerprint density at radius 2 is 2.19 bits per heavy atom. The van der Waals surface area contributed by atoms with Crippen molar-refractivity contribution in [2.24, 2.45) is 7.05 Å². The van der Waals surface area contributed by atoms with Gasteiger partial charge in [0, 0.05) is 46.3 Å². The molecule has 0 N–H and O–H groups in total. The molecule has 26 heavy (non-hydrogen) atoms. The Hall–Kier alpha value is -2.74. The third kappa shape index (κ3) is 3.20. The Labute approximate surface area is 150 Å². The van der Waals surface area contributed by atoms with Crippen molar-refractivity contribution in [1.29, 1.82) is 0 Å². The molecule has 1 aliphatic heterocycles. The van der Waals surface area contributed by atoms with Crippen molar-refractivity contribution in [1.82, 2.24) is 24.9 Å². The number of hydrogen-bond donors (Lipinski definition) is 0. The standard InChI is InChI=1S/C18H21N5O3/c1-22-10-14(20-21-22)12-9-23(11-16(12)25-2)18(24)8-7-17-19-13-5-3-4-6-15(13)26-17/h3-6,10,12,16H,7-9,11H2,1-2H3/t12-,16+/m0/s1. The normalized spacial score (nSPS) is 20.2. The van der Waals surface area contributed by atoms with Gasteiger partial charge in [0.15, 0.2) is 11.5 Å². The number of carbonyl (C=O) groups excluding carboxylic acids is 1. The Morgan fingerprint density at radius 3 is 2.92 bits per heavy atom. The molecule has 3 aromatic rings. The molecule has 0 spiro atoms. The first-order valence-corrected chi connectivity index (χ1v) is 8.65. The minimum atomic E-state index is -0.0695. The molecule has 136 valence electrons. The van der Waals surface area contributed by atoms with E-state index in [1.807, 2.05) is 42.4 Å². The summed E-state index contributed by atoms with van der Waals surface area (Å²) in [4.78, 5) is 18.9. The van der Waals surface area contributed by atoms with Crippen molar-refractivity contribution in [3.8, 4) is 0 Å². The Bertz CT molecular complexity index is 885. The summed E-state index contributed by atoms with van der Waals surface area (Å²) in [6.07, 6.45) is 2.65. The van der Waals surface area contributed by atoms with E-state index in [0.29, 0.717) is 31.8 Å². The van der Waals surface area contributed by atoms with Crippen molar-refractivity contribution < 1.29 is 13.9 Å². The average Bonchev–Trinajstić information content (AvgIpc) is 3.36. The van der Waals surface area contributed by atoms with Crippen molar-refractivity contribution in [3.05, 3.63) is 42.0 Å². The van der Waals surface area contributed by atoms with Gasteiger partial charge in [-0.3, -0.25) is 9.48 Å². The number of likely N-dealkylation sites (tertiary alicyclic amines) is 1. The zero-order valence-electron chi connectivity index (χ0n) is 14.8. The van der Waals surface area contributed by atoms with Crippen molar-refractivity contribution in [2.75, 3.05) is 20.2 Å². The minimum absolute atomic E-state index is 0.0435. The van der Waals surface area contributed by atoms with Crippen molar-refractivity contribution in [2.45, 2.75) is 24.9 Å². The van der Waals surface area contributed by atoms with Crippen LogP contribution in [0.2, 0.25) is 0 Å². The van der Waals surface area contributed by atoms with E-state index in [1.165, 1.54) is 0 Å². The Kier molecular flexibility index (Phi) is 4.42. The maximum absolute atomic E-state index is 12.6. The highest BCUT2D eigenvalue weighted by molar-refractivity contribution is 5.77. The fourth-order valence-electron chi connectivity index (χ4n) is 3.43. The number of ether oxygens (including phenoxy) is 1. The third-order valence-corrected chi connectivity index (χ3v) is 4.81. The van der Waals surface area contributed by atoms with E-state index in [0.717, 1.165) is 16.8 Å². The predicted octanol–water partition coefficient (Wildman–Crippen LogP) is 1.53. The summed E-state index contributed by atoms with van der Waals surface area (Å²) in [6, 6.07) is 7.60. The van der Waals surface area contributed by atoms with E-state index >= 15 is 0 Å². The van der Waals surface area contributed by atoms with Crippen LogP contribution in [0.3, 0.4) is 0 Å². The van der Waals surface area contributed by atoms with Crippen molar-refractivity contribution in [3.63, 3.8) is 0 Å². The van der Waals surface area contributed by atoms with Gasteiger partial charge in [0.05, 0.1) is 17.7 Å². The molecule has 1 amide bonds. The molecule has 0 aliphatic carbocycles. The van der Waals surface area contributed by atoms with E-state index in [2.05, 4.69) is 15.3 Å². The molecule has 0 radical (unpaired) electrons. The van der Waals surface area contributed by atoms with Gasteiger partial charge in [0.2, 0.25) is 5.91 Å². The summed E-state index contributed by atoms with van der Waals surface area (Å²) >= 11 is 0. The fourth-order valence-corrected chi connectivity index (χ4v) is 3.43. The van der Waals surface area contributed by atoms with Gasteiger partial charge in [-0.1, -0.05) is 17.3 Å². The number of fused-ring (bicyclic) bond motifs is 1. The zero-order chi connectivity index (χ0) is 18.1. The summed E-state index contributed by atoms with van der Waals surface area (Å²) in [5.74, 6) is 0.704. The molecule has 3 heterocycles. The van der Waals surface area contributed by atoms with Crippen molar-refractivity contribution >= 4 is 17.0 Å². The van der Waals surface area contributed by atoms with Crippen LogP contribution in [0.4, 0.5) is 0 Å². The van der Waals surface area contributed by atoms with E-state index in [9.17, 15) is 4.79 Å². The van der Waals surface area contributed by atoms with Gasteiger partial charge in [-0.2, -0.15) is 0 Å². The molecule has 1 saturated heterocycles. The molecule has 0 bridgehead atoms. The lowest BCUT2D eigenvalue weighted by molar-refractivity contribution is -0.130. The maximum Gasteiger partial charge on any atom is 0.223 e. The maximum atomic E-state index is 12.6. The van der Waals surface area contributed by atoms with Crippen LogP contribution in [0, 0.1) is 0 Å². The van der Waals surface area contributed by atoms with Gasteiger partial charge in [0.25, 0.3) is 0 Å². The fraction of sp³-hybridized carbons (Fsp3) is 0.444. The molecule has 8 heteroatoms. The number of nitrogens with zero attached hydrogens (tertiary/aromatic N) is 5. The second-order valence-electron chi connectivity index (χ2n) is 6.57. The van der Waals surface area contributed by atoms with E-state index in [1.54, 1.807) is 11.8 Å². The van der Waals surface area contributed by atoms with Gasteiger partial charge >= 0.3 is 0 Å². The van der Waals surface area contributed by atoms with Crippen LogP contribution in [0.15, 0.2) is 34.9 Å². The first-order chi connectivity index (χ1) is 12.6. The summed E-state index contributed by atoms with van der Waals surface area (Å²) in [6.45, 7) is 1.15. The average molecular weight is 355 g/mol. The number of amides is 1. The lowest BCUT2D eigenvalue weighted by Gasteiger charge is -2.15. The van der Waals surface area contributed by atoms with Crippen LogP contribution < -0.4 is 0 Å². The largest absolute Gasteiger partial charge is 0.441 e. The smallest absolute Gasteiger partial charge is 0.223 e. The molecular weight excluding hydrogens is 334 g/mol.